The Kier molecular flexibility index (Phi) is 24.6. The third-order valence-corrected chi connectivity index (χ3v) is 12.6. The Morgan fingerprint density at radius 2 is 1.40 bits per heavy atom. The molecule has 1 heterocycles. The van der Waals surface area contributed by atoms with Crippen molar-refractivity contribution in [1.82, 2.24) is 42.1 Å². The van der Waals surface area contributed by atoms with Gasteiger partial charge in [0.05, 0.1) is 19.5 Å². The van der Waals surface area contributed by atoms with Gasteiger partial charge in [-0.05, 0) is 72.2 Å². The number of nitrogens with one attached hydrogen (secondary N) is 7. The van der Waals surface area contributed by atoms with Gasteiger partial charge in [-0.25, -0.2) is 4.39 Å². The molecule has 0 radical (unpaired) electrons. The largest absolute Gasteiger partial charge is 0.508 e. The molecule has 23 nitrogen and oxygen atoms in total. The number of rotatable bonds is 20. The van der Waals surface area contributed by atoms with Crippen molar-refractivity contribution < 1.29 is 62.2 Å². The summed E-state index contributed by atoms with van der Waals surface area (Å²) in [4.78, 5) is 148. The first-order chi connectivity index (χ1) is 34.4. The summed E-state index contributed by atoms with van der Waals surface area (Å²) < 4.78 is 14.0. The maximum Gasteiger partial charge on any atom is 0.246 e. The van der Waals surface area contributed by atoms with Crippen LogP contribution in [0.3, 0.4) is 0 Å². The van der Waals surface area contributed by atoms with E-state index in [1.54, 1.807) is 39.8 Å². The molecule has 0 saturated carbocycles. The second-order valence-corrected chi connectivity index (χ2v) is 19.3. The Morgan fingerprint density at radius 1 is 0.781 bits per heavy atom. The van der Waals surface area contributed by atoms with Gasteiger partial charge >= 0.3 is 0 Å². The van der Waals surface area contributed by atoms with Crippen LogP contribution in [0.1, 0.15) is 83.8 Å². The fourth-order valence-electron chi connectivity index (χ4n) is 7.44. The zero-order chi connectivity index (χ0) is 54.4. The minimum Gasteiger partial charge on any atom is -0.508 e. The number of benzene rings is 2. The molecule has 11 amide bonds. The first-order valence-electron chi connectivity index (χ1n) is 23.8. The van der Waals surface area contributed by atoms with Gasteiger partial charge in [-0.15, -0.1) is 0 Å². The number of nitrogens with two attached hydrogens (primary N) is 3. The Labute approximate surface area is 426 Å². The number of hydrogen-bond donors (Lipinski definition) is 11. The molecule has 2 aromatic carbocycles. The molecule has 73 heavy (non-hydrogen) atoms. The zero-order valence-corrected chi connectivity index (χ0v) is 42.1. The number of carbonyl (C=O) groups excluding carboxylic acids is 11. The molecule has 0 aromatic heterocycles. The molecule has 3 unspecified atom stereocenters. The Morgan fingerprint density at radius 3 is 2.00 bits per heavy atom. The van der Waals surface area contributed by atoms with E-state index in [0.717, 1.165) is 28.8 Å². The molecule has 400 valence electrons. The predicted octanol–water partition coefficient (Wildman–Crippen LogP) is -1.63. The van der Waals surface area contributed by atoms with Crippen molar-refractivity contribution in [1.29, 1.82) is 0 Å². The average molecular weight is 1040 g/mol. The molecular weight excluding hydrogens is 974 g/mol. The number of carbonyl (C=O) groups is 11. The lowest BCUT2D eigenvalue weighted by Crippen LogP contribution is -2.61. The lowest BCUT2D eigenvalue weighted by atomic mass is 9.96. The molecule has 1 saturated heterocycles. The first-order valence-corrected chi connectivity index (χ1v) is 24.9. The maximum absolute atomic E-state index is 14.8. The second kappa shape index (κ2) is 29.9. The van der Waals surface area contributed by atoms with Gasteiger partial charge in [0.25, 0.3) is 0 Å². The standard InChI is InChI=1S/C48H68FN11O12S/c1-5-27(4)42-47(71)56-32(16-17-37(50)62)44(68)57-35(21-38(51)63)45(69)58-36(25-73-18-6-7-40(65)54-34(46(70)59-42)20-28-10-14-31(61)15-11-28)48(72)60(23-29-8-12-30(49)13-9-29)24-41(66)55-33(19-26(2)3)43(67)53-22-39(52)64/h8-15,26-27,32-36,42,61H,5-7,16-25H2,1-4H3,(H2,50,62)(H2,51,63)(H2,52,64)(H,53,67)(H,54,65)(H,55,66)(H,56,71)(H,57,68)(H,58,69)(H,59,70)/t27?,32?,33-,34-,35-,36-,42?/m0/s1. The molecule has 0 spiro atoms. The molecule has 25 heteroatoms. The number of nitrogens with zero attached hydrogens (tertiary/aromatic N) is 1. The molecular formula is C48H68FN11O12S. The number of amides is 11. The summed E-state index contributed by atoms with van der Waals surface area (Å²) in [6.07, 6.45) is -1.28. The van der Waals surface area contributed by atoms with Crippen molar-refractivity contribution >= 4 is 76.7 Å². The molecule has 1 aliphatic heterocycles. The number of hydrogen-bond acceptors (Lipinski definition) is 13. The van der Waals surface area contributed by atoms with E-state index in [4.69, 9.17) is 17.2 Å². The molecule has 1 fully saturated rings. The highest BCUT2D eigenvalue weighted by atomic mass is 32.2. The van der Waals surface area contributed by atoms with Crippen LogP contribution in [-0.4, -0.2) is 136 Å². The van der Waals surface area contributed by atoms with Gasteiger partial charge in [-0.1, -0.05) is 58.4 Å². The van der Waals surface area contributed by atoms with Crippen LogP contribution in [0.25, 0.3) is 0 Å². The molecule has 1 aliphatic rings. The minimum absolute atomic E-state index is 0.0409. The fraction of sp³-hybridized carbons (Fsp3) is 0.521. The van der Waals surface area contributed by atoms with E-state index in [1.165, 1.54) is 24.3 Å². The van der Waals surface area contributed by atoms with Crippen molar-refractivity contribution in [3.8, 4) is 5.75 Å². The number of thioether (sulfide) groups is 1. The second-order valence-electron chi connectivity index (χ2n) is 18.2. The van der Waals surface area contributed by atoms with Gasteiger partial charge in [0, 0.05) is 31.6 Å². The number of phenolic OH excluding ortho intramolecular Hbond substituents is 1. The normalized spacial score (nSPS) is 20.4. The zero-order valence-electron chi connectivity index (χ0n) is 41.3. The lowest BCUT2D eigenvalue weighted by molar-refractivity contribution is -0.141. The van der Waals surface area contributed by atoms with Gasteiger partial charge in [0.1, 0.15) is 47.8 Å². The lowest BCUT2D eigenvalue weighted by Gasteiger charge is -2.30. The highest BCUT2D eigenvalue weighted by Gasteiger charge is 2.36. The van der Waals surface area contributed by atoms with Gasteiger partial charge < -0.3 is 64.4 Å². The molecule has 0 aliphatic carbocycles. The van der Waals surface area contributed by atoms with Crippen molar-refractivity contribution in [2.24, 2.45) is 29.0 Å². The van der Waals surface area contributed by atoms with E-state index in [9.17, 15) is 62.2 Å². The van der Waals surface area contributed by atoms with E-state index >= 15 is 0 Å². The maximum atomic E-state index is 14.8. The molecule has 3 rings (SSSR count). The van der Waals surface area contributed by atoms with Crippen LogP contribution in [0.2, 0.25) is 0 Å². The van der Waals surface area contributed by atoms with Crippen molar-refractivity contribution in [3.05, 3.63) is 65.5 Å². The Bertz CT molecular complexity index is 2290. The van der Waals surface area contributed by atoms with Gasteiger partial charge in [-0.2, -0.15) is 11.8 Å². The number of primary amides is 3. The van der Waals surface area contributed by atoms with Crippen molar-refractivity contribution in [2.45, 2.75) is 122 Å². The van der Waals surface area contributed by atoms with E-state index in [0.29, 0.717) is 17.5 Å². The summed E-state index contributed by atoms with van der Waals surface area (Å²) in [7, 11) is 0. The van der Waals surface area contributed by atoms with Gasteiger partial charge in [0.2, 0.25) is 65.0 Å². The summed E-state index contributed by atoms with van der Waals surface area (Å²) in [6.45, 7) is 5.37. The Hall–Kier alpha value is -7.31. The van der Waals surface area contributed by atoms with Crippen LogP contribution < -0.4 is 54.4 Å². The fourth-order valence-corrected chi connectivity index (χ4v) is 8.41. The van der Waals surface area contributed by atoms with Crippen molar-refractivity contribution in [3.63, 3.8) is 0 Å². The predicted molar refractivity (Wildman–Crippen MR) is 265 cm³/mol. The highest BCUT2D eigenvalue weighted by Crippen LogP contribution is 2.17. The monoisotopic (exact) mass is 1040 g/mol. The van der Waals surface area contributed by atoms with Crippen LogP contribution in [0.5, 0.6) is 5.75 Å². The highest BCUT2D eigenvalue weighted by molar-refractivity contribution is 7.99. The van der Waals surface area contributed by atoms with Crippen molar-refractivity contribution in [2.75, 3.05) is 24.6 Å². The topological polar surface area (TPSA) is 374 Å². The van der Waals surface area contributed by atoms with E-state index in [-0.39, 0.29) is 55.4 Å². The first kappa shape index (κ1) is 60.0. The van der Waals surface area contributed by atoms with E-state index < -0.39 is 145 Å². The van der Waals surface area contributed by atoms with E-state index in [1.807, 2.05) is 0 Å². The third-order valence-electron chi connectivity index (χ3n) is 11.5. The van der Waals surface area contributed by atoms with Crippen LogP contribution in [0.15, 0.2) is 48.5 Å². The summed E-state index contributed by atoms with van der Waals surface area (Å²) in [5, 5.41) is 27.7. The number of aromatic hydroxyl groups is 1. The summed E-state index contributed by atoms with van der Waals surface area (Å²) in [5.41, 5.74) is 17.0. The third kappa shape index (κ3) is 21.5. The average Bonchev–Trinajstić information content (AvgIpc) is 3.32. The smallest absolute Gasteiger partial charge is 0.246 e. The minimum atomic E-state index is -1.80. The summed E-state index contributed by atoms with van der Waals surface area (Å²) >= 11 is 1.10. The summed E-state index contributed by atoms with van der Waals surface area (Å²) in [5.74, 6) is -11.1. The summed E-state index contributed by atoms with van der Waals surface area (Å²) in [6, 6.07) is 2.14. The quantitative estimate of drug-likeness (QED) is 0.0711. The van der Waals surface area contributed by atoms with Gasteiger partial charge in [-0.3, -0.25) is 52.7 Å². The number of halogens is 1. The van der Waals surface area contributed by atoms with Crippen LogP contribution in [0, 0.1) is 17.7 Å². The van der Waals surface area contributed by atoms with E-state index in [2.05, 4.69) is 37.2 Å². The molecule has 7 atom stereocenters. The number of phenols is 1. The van der Waals surface area contributed by atoms with Crippen LogP contribution in [0.4, 0.5) is 4.39 Å². The van der Waals surface area contributed by atoms with Gasteiger partial charge in [0.15, 0.2) is 0 Å². The molecule has 2 aromatic rings. The van der Waals surface area contributed by atoms with Crippen LogP contribution in [-0.2, 0) is 65.7 Å². The SMILES string of the molecule is CCC(C)C1NC(=O)[C@H](Cc2ccc(O)cc2)NC(=O)CCCSC[C@@H](C(=O)N(CC(=O)N[C@@H](CC(C)C)C(=O)NCC(N)=O)Cc2ccc(F)cc2)NC(=O)[C@H](CC(N)=O)NC(=O)C(CCC(N)=O)NC1=O. The Balaban J connectivity index is 2.11. The molecule has 14 N–H and O–H groups in total. The van der Waals surface area contributed by atoms with Crippen LogP contribution >= 0.6 is 11.8 Å². The molecule has 0 bridgehead atoms.